The van der Waals surface area contributed by atoms with Crippen molar-refractivity contribution in [3.8, 4) is 17.5 Å². The molecule has 0 aliphatic rings. The van der Waals surface area contributed by atoms with Crippen molar-refractivity contribution >= 4 is 40.1 Å². The molecule has 0 bridgehead atoms. The van der Waals surface area contributed by atoms with E-state index in [0.29, 0.717) is 33.3 Å². The summed E-state index contributed by atoms with van der Waals surface area (Å²) in [6.07, 6.45) is 2.65. The number of aromatic carboxylic acids is 1. The third-order valence-corrected chi connectivity index (χ3v) is 6.14. The lowest BCUT2D eigenvalue weighted by molar-refractivity contribution is 0.0696. The van der Waals surface area contributed by atoms with Gasteiger partial charge in [-0.25, -0.2) is 24.7 Å². The first-order chi connectivity index (χ1) is 18.8. The minimum Gasteiger partial charge on any atom is -0.478 e. The fourth-order valence-electron chi connectivity index (χ4n) is 3.98. The monoisotopic (exact) mass is 537 g/mol. The van der Waals surface area contributed by atoms with E-state index in [1.54, 1.807) is 30.3 Å². The number of nitrogen functional groups attached to an aromatic ring is 1. The van der Waals surface area contributed by atoms with Crippen LogP contribution in [-0.4, -0.2) is 35.6 Å². The van der Waals surface area contributed by atoms with Gasteiger partial charge in [-0.05, 0) is 49.2 Å². The average molecular weight is 538 g/mol. The van der Waals surface area contributed by atoms with Crippen LogP contribution >= 0.6 is 11.6 Å². The molecule has 5 aromatic rings. The van der Waals surface area contributed by atoms with Gasteiger partial charge in [0, 0.05) is 6.20 Å². The zero-order valence-electron chi connectivity index (χ0n) is 20.5. The van der Waals surface area contributed by atoms with Gasteiger partial charge in [-0.3, -0.25) is 9.36 Å². The van der Waals surface area contributed by atoms with Crippen LogP contribution in [0, 0.1) is 11.8 Å². The number of fused-ring (bicyclic) bond motifs is 1. The van der Waals surface area contributed by atoms with E-state index in [2.05, 4.69) is 32.1 Å². The number of aromatic nitrogens is 5. The van der Waals surface area contributed by atoms with Crippen LogP contribution in [0.1, 0.15) is 40.4 Å². The Hall–Kier alpha value is -5.27. The molecule has 0 fully saturated rings. The number of nitrogens with zero attached hydrogens (tertiary/aromatic N) is 5. The molecule has 2 aromatic carbocycles. The highest BCUT2D eigenvalue weighted by atomic mass is 35.5. The van der Waals surface area contributed by atoms with E-state index in [1.807, 2.05) is 25.1 Å². The number of carbonyl (C=O) groups is 1. The minimum atomic E-state index is -1.09. The maximum Gasteiger partial charge on any atom is 0.335 e. The molecule has 0 saturated carbocycles. The number of rotatable bonds is 5. The number of nitrogens with two attached hydrogens (primary N) is 1. The molecule has 11 heteroatoms. The van der Waals surface area contributed by atoms with Crippen molar-refractivity contribution in [1.29, 1.82) is 0 Å². The smallest absolute Gasteiger partial charge is 0.335 e. The summed E-state index contributed by atoms with van der Waals surface area (Å²) in [6.45, 7) is 1.82. The summed E-state index contributed by atoms with van der Waals surface area (Å²) in [5.74, 6) is 5.44. The van der Waals surface area contributed by atoms with Gasteiger partial charge < -0.3 is 16.2 Å². The summed E-state index contributed by atoms with van der Waals surface area (Å²) in [5, 5.41) is 13.1. The predicted molar refractivity (Wildman–Crippen MR) is 148 cm³/mol. The Morgan fingerprint density at radius 2 is 1.87 bits per heavy atom. The highest BCUT2D eigenvalue weighted by molar-refractivity contribution is 6.35. The van der Waals surface area contributed by atoms with Crippen molar-refractivity contribution in [3.05, 3.63) is 111 Å². The Labute approximate surface area is 227 Å². The van der Waals surface area contributed by atoms with Crippen LogP contribution < -0.4 is 16.6 Å². The third kappa shape index (κ3) is 5.12. The maximum atomic E-state index is 13.7. The van der Waals surface area contributed by atoms with Gasteiger partial charge in [-0.2, -0.15) is 0 Å². The van der Waals surface area contributed by atoms with Gasteiger partial charge in [-0.15, -0.1) is 0 Å². The zero-order valence-corrected chi connectivity index (χ0v) is 21.2. The van der Waals surface area contributed by atoms with Crippen molar-refractivity contribution in [3.63, 3.8) is 0 Å². The van der Waals surface area contributed by atoms with Crippen molar-refractivity contribution in [2.24, 2.45) is 0 Å². The van der Waals surface area contributed by atoms with Crippen molar-refractivity contribution in [2.75, 3.05) is 11.1 Å². The normalized spacial score (nSPS) is 11.4. The molecule has 1 unspecified atom stereocenters. The highest BCUT2D eigenvalue weighted by Gasteiger charge is 2.21. The molecular weight excluding hydrogens is 518 g/mol. The van der Waals surface area contributed by atoms with Crippen LogP contribution in [0.15, 0.2) is 78.0 Å². The van der Waals surface area contributed by atoms with Crippen LogP contribution in [0.5, 0.6) is 0 Å². The summed E-state index contributed by atoms with van der Waals surface area (Å²) < 4.78 is 1.50. The molecule has 0 spiro atoms. The lowest BCUT2D eigenvalue weighted by Gasteiger charge is -2.21. The first-order valence-corrected chi connectivity index (χ1v) is 12.1. The summed E-state index contributed by atoms with van der Waals surface area (Å²) in [7, 11) is 0. The van der Waals surface area contributed by atoms with Gasteiger partial charge in [0.1, 0.15) is 35.0 Å². The van der Waals surface area contributed by atoms with E-state index in [1.165, 1.54) is 29.2 Å². The number of nitrogens with one attached hydrogen (secondary N) is 1. The lowest BCUT2D eigenvalue weighted by atomic mass is 10.2. The topological polar surface area (TPSA) is 149 Å². The second-order valence-electron chi connectivity index (χ2n) is 8.41. The van der Waals surface area contributed by atoms with Crippen molar-refractivity contribution in [2.45, 2.75) is 13.0 Å². The summed E-state index contributed by atoms with van der Waals surface area (Å²) in [6, 6.07) is 16.4. The van der Waals surface area contributed by atoms with Crippen molar-refractivity contribution in [1.82, 2.24) is 24.5 Å². The van der Waals surface area contributed by atoms with Gasteiger partial charge >= 0.3 is 5.97 Å². The highest BCUT2D eigenvalue weighted by Crippen LogP contribution is 2.26. The second-order valence-corrected chi connectivity index (χ2v) is 8.82. The molecule has 39 heavy (non-hydrogen) atoms. The summed E-state index contributed by atoms with van der Waals surface area (Å²) in [5.41, 5.74) is 7.46. The van der Waals surface area contributed by atoms with E-state index in [9.17, 15) is 14.7 Å². The molecule has 3 heterocycles. The second kappa shape index (κ2) is 10.6. The van der Waals surface area contributed by atoms with Gasteiger partial charge in [0.25, 0.3) is 5.56 Å². The molecular formula is C28H20ClN7O3. The Kier molecular flexibility index (Phi) is 6.91. The van der Waals surface area contributed by atoms with Crippen LogP contribution in [0.25, 0.3) is 16.6 Å². The SMILES string of the molecule is CC(Nc1ncnc(N)c1C#Cc1cc(C(=O)O)ccn1)c1nc2cccc(Cl)c2c(=O)n1-c1ccccc1. The van der Waals surface area contributed by atoms with E-state index < -0.39 is 12.0 Å². The molecule has 10 nitrogen and oxygen atoms in total. The van der Waals surface area contributed by atoms with Crippen LogP contribution in [-0.2, 0) is 0 Å². The molecule has 3 aromatic heterocycles. The molecule has 0 saturated heterocycles. The van der Waals surface area contributed by atoms with Crippen molar-refractivity contribution < 1.29 is 9.90 Å². The van der Waals surface area contributed by atoms with Crippen LogP contribution in [0.2, 0.25) is 5.02 Å². The number of anilines is 2. The molecule has 1 atom stereocenters. The Balaban J connectivity index is 1.59. The summed E-state index contributed by atoms with van der Waals surface area (Å²) in [4.78, 5) is 42.2. The number of para-hydroxylation sites is 1. The van der Waals surface area contributed by atoms with Crippen LogP contribution in [0.4, 0.5) is 11.6 Å². The molecule has 0 amide bonds. The van der Waals surface area contributed by atoms with Gasteiger partial charge in [-0.1, -0.05) is 41.8 Å². The fraction of sp³-hybridized carbons (Fsp3) is 0.0714. The number of hydrogen-bond acceptors (Lipinski definition) is 8. The standard InChI is InChI=1S/C28H20ClN7O3/c1-16(26-35-22-9-5-8-21(29)23(22)27(37)36(26)19-6-3-2-4-7-19)34-25-20(24(30)32-15-33-25)11-10-18-14-17(28(38)39)12-13-31-18/h2-9,12-16H,1H3,(H,38,39)(H3,30,32,33,34). The largest absolute Gasteiger partial charge is 0.478 e. The Morgan fingerprint density at radius 3 is 2.64 bits per heavy atom. The predicted octanol–water partition coefficient (Wildman–Crippen LogP) is 4.08. The molecule has 0 radical (unpaired) electrons. The first-order valence-electron chi connectivity index (χ1n) is 11.7. The quantitative estimate of drug-likeness (QED) is 0.282. The van der Waals surface area contributed by atoms with Crippen LogP contribution in [0.3, 0.4) is 0 Å². The van der Waals surface area contributed by atoms with E-state index in [0.717, 1.165) is 0 Å². The maximum absolute atomic E-state index is 13.7. The Bertz CT molecular complexity index is 1850. The molecule has 5 rings (SSSR count). The number of carboxylic acid groups (broad SMARTS) is 1. The average Bonchev–Trinajstić information content (AvgIpc) is 2.93. The zero-order chi connectivity index (χ0) is 27.5. The third-order valence-electron chi connectivity index (χ3n) is 5.83. The van der Waals surface area contributed by atoms with Gasteiger partial charge in [0.15, 0.2) is 0 Å². The molecule has 192 valence electrons. The number of carboxylic acids is 1. The first kappa shape index (κ1) is 25.4. The fourth-order valence-corrected chi connectivity index (χ4v) is 4.23. The van der Waals surface area contributed by atoms with E-state index >= 15 is 0 Å². The molecule has 0 aliphatic heterocycles. The number of benzene rings is 2. The number of pyridine rings is 1. The number of halogens is 1. The van der Waals surface area contributed by atoms with Gasteiger partial charge in [0.2, 0.25) is 0 Å². The van der Waals surface area contributed by atoms with E-state index in [-0.39, 0.29) is 28.2 Å². The molecule has 0 aliphatic carbocycles. The number of hydrogen-bond donors (Lipinski definition) is 3. The minimum absolute atomic E-state index is 0.0555. The Morgan fingerprint density at radius 1 is 1.08 bits per heavy atom. The van der Waals surface area contributed by atoms with Gasteiger partial charge in [0.05, 0.1) is 33.2 Å². The van der Waals surface area contributed by atoms with E-state index in [4.69, 9.17) is 22.3 Å². The summed E-state index contributed by atoms with van der Waals surface area (Å²) >= 11 is 6.38. The lowest BCUT2D eigenvalue weighted by Crippen LogP contribution is -2.27. The molecule has 4 N–H and O–H groups in total.